The SMILES string of the molecule is Cc1nn(Cc2ccc(F)cc2Cl)c(C)c1NC(=O)Cc1ccccc1. The molecule has 0 fully saturated rings. The molecule has 0 aliphatic rings. The predicted molar refractivity (Wildman–Crippen MR) is 101 cm³/mol. The number of hydrogen-bond acceptors (Lipinski definition) is 2. The largest absolute Gasteiger partial charge is 0.323 e. The Bertz CT molecular complexity index is 938. The summed E-state index contributed by atoms with van der Waals surface area (Å²) in [6.45, 7) is 4.13. The van der Waals surface area contributed by atoms with Gasteiger partial charge >= 0.3 is 0 Å². The van der Waals surface area contributed by atoms with E-state index in [2.05, 4.69) is 10.4 Å². The van der Waals surface area contributed by atoms with Crippen molar-refractivity contribution in [2.45, 2.75) is 26.8 Å². The summed E-state index contributed by atoms with van der Waals surface area (Å²) in [5, 5.41) is 7.77. The van der Waals surface area contributed by atoms with Crippen molar-refractivity contribution in [3.8, 4) is 0 Å². The Morgan fingerprint density at radius 3 is 2.62 bits per heavy atom. The molecule has 0 bridgehead atoms. The summed E-state index contributed by atoms with van der Waals surface area (Å²) in [5.74, 6) is -0.470. The molecule has 0 saturated carbocycles. The van der Waals surface area contributed by atoms with E-state index in [0.29, 0.717) is 23.7 Å². The minimum Gasteiger partial charge on any atom is -0.323 e. The van der Waals surface area contributed by atoms with E-state index < -0.39 is 0 Å². The topological polar surface area (TPSA) is 46.9 Å². The maximum Gasteiger partial charge on any atom is 0.228 e. The van der Waals surface area contributed by atoms with Gasteiger partial charge in [-0.3, -0.25) is 9.48 Å². The van der Waals surface area contributed by atoms with Gasteiger partial charge in [-0.15, -0.1) is 0 Å². The first-order valence-electron chi connectivity index (χ1n) is 8.25. The van der Waals surface area contributed by atoms with Crippen LogP contribution < -0.4 is 5.32 Å². The highest BCUT2D eigenvalue weighted by molar-refractivity contribution is 6.31. The molecule has 0 radical (unpaired) electrons. The number of nitrogens with one attached hydrogen (secondary N) is 1. The van der Waals surface area contributed by atoms with Crippen molar-refractivity contribution in [1.29, 1.82) is 0 Å². The van der Waals surface area contributed by atoms with Crippen LogP contribution in [-0.4, -0.2) is 15.7 Å². The molecule has 3 rings (SSSR count). The fourth-order valence-corrected chi connectivity index (χ4v) is 3.03. The summed E-state index contributed by atoms with van der Waals surface area (Å²) in [4.78, 5) is 12.3. The lowest BCUT2D eigenvalue weighted by molar-refractivity contribution is -0.115. The lowest BCUT2D eigenvalue weighted by atomic mass is 10.1. The first-order valence-corrected chi connectivity index (χ1v) is 8.63. The lowest BCUT2D eigenvalue weighted by Gasteiger charge is -2.09. The van der Waals surface area contributed by atoms with Crippen LogP contribution in [0.5, 0.6) is 0 Å². The number of aromatic nitrogens is 2. The number of nitrogens with zero attached hydrogens (tertiary/aromatic N) is 2. The number of benzene rings is 2. The zero-order chi connectivity index (χ0) is 18.7. The average Bonchev–Trinajstić information content (AvgIpc) is 2.86. The molecule has 1 heterocycles. The third-order valence-electron chi connectivity index (χ3n) is 4.19. The van der Waals surface area contributed by atoms with Crippen LogP contribution in [0.15, 0.2) is 48.5 Å². The Labute approximate surface area is 156 Å². The molecule has 0 aliphatic carbocycles. The molecule has 2 aromatic carbocycles. The molecular weight excluding hydrogens is 353 g/mol. The number of carbonyl (C=O) groups excluding carboxylic acids is 1. The normalized spacial score (nSPS) is 10.8. The minimum atomic E-state index is -0.374. The molecule has 0 aliphatic heterocycles. The third-order valence-corrected chi connectivity index (χ3v) is 4.54. The average molecular weight is 372 g/mol. The van der Waals surface area contributed by atoms with Gasteiger partial charge in [0.05, 0.1) is 30.0 Å². The number of rotatable bonds is 5. The van der Waals surface area contributed by atoms with Gasteiger partial charge in [0.15, 0.2) is 0 Å². The van der Waals surface area contributed by atoms with Gasteiger partial charge < -0.3 is 5.32 Å². The highest BCUT2D eigenvalue weighted by Gasteiger charge is 2.15. The van der Waals surface area contributed by atoms with Crippen molar-refractivity contribution in [2.24, 2.45) is 0 Å². The summed E-state index contributed by atoms with van der Waals surface area (Å²) in [7, 11) is 0. The number of anilines is 1. The Kier molecular flexibility index (Phi) is 5.38. The Hall–Kier alpha value is -2.66. The summed E-state index contributed by atoms with van der Waals surface area (Å²) < 4.78 is 15.0. The molecule has 0 saturated heterocycles. The van der Waals surface area contributed by atoms with E-state index >= 15 is 0 Å². The quantitative estimate of drug-likeness (QED) is 0.716. The van der Waals surface area contributed by atoms with Crippen LogP contribution in [-0.2, 0) is 17.8 Å². The van der Waals surface area contributed by atoms with Crippen molar-refractivity contribution in [3.05, 3.63) is 81.9 Å². The fourth-order valence-electron chi connectivity index (χ4n) is 2.81. The second-order valence-corrected chi connectivity index (χ2v) is 6.56. The zero-order valence-corrected chi connectivity index (χ0v) is 15.3. The Balaban J connectivity index is 1.76. The molecule has 6 heteroatoms. The summed E-state index contributed by atoms with van der Waals surface area (Å²) >= 11 is 6.10. The Morgan fingerprint density at radius 2 is 1.92 bits per heavy atom. The van der Waals surface area contributed by atoms with Crippen LogP contribution in [0.1, 0.15) is 22.5 Å². The third kappa shape index (κ3) is 4.11. The van der Waals surface area contributed by atoms with E-state index in [-0.39, 0.29) is 11.7 Å². The number of amides is 1. The molecule has 1 amide bonds. The van der Waals surface area contributed by atoms with E-state index in [1.165, 1.54) is 12.1 Å². The summed E-state index contributed by atoms with van der Waals surface area (Å²) in [6, 6.07) is 13.9. The van der Waals surface area contributed by atoms with Crippen LogP contribution in [0, 0.1) is 19.7 Å². The predicted octanol–water partition coefficient (Wildman–Crippen LogP) is 4.52. The van der Waals surface area contributed by atoms with Crippen molar-refractivity contribution >= 4 is 23.2 Å². The molecule has 134 valence electrons. The smallest absolute Gasteiger partial charge is 0.228 e. The molecule has 4 nitrogen and oxygen atoms in total. The molecule has 0 unspecified atom stereocenters. The second kappa shape index (κ2) is 7.70. The van der Waals surface area contributed by atoms with Gasteiger partial charge in [-0.05, 0) is 37.1 Å². The van der Waals surface area contributed by atoms with Gasteiger partial charge in [-0.25, -0.2) is 4.39 Å². The van der Waals surface area contributed by atoms with E-state index in [1.807, 2.05) is 44.2 Å². The molecule has 1 aromatic heterocycles. The fraction of sp³-hybridized carbons (Fsp3) is 0.200. The van der Waals surface area contributed by atoms with Gasteiger partial charge in [0.2, 0.25) is 5.91 Å². The van der Waals surface area contributed by atoms with Gasteiger partial charge in [-0.1, -0.05) is 48.0 Å². The minimum absolute atomic E-state index is 0.0956. The van der Waals surface area contributed by atoms with E-state index in [0.717, 1.165) is 22.5 Å². The summed E-state index contributed by atoms with van der Waals surface area (Å²) in [5.41, 5.74) is 3.96. The standard InChI is InChI=1S/C20H19ClFN3O/c1-13-20(23-19(26)10-15-6-4-3-5-7-15)14(2)25(24-13)12-16-8-9-17(22)11-18(16)21/h3-9,11H,10,12H2,1-2H3,(H,23,26). The zero-order valence-electron chi connectivity index (χ0n) is 14.6. The van der Waals surface area contributed by atoms with Crippen molar-refractivity contribution in [3.63, 3.8) is 0 Å². The molecule has 0 spiro atoms. The van der Waals surface area contributed by atoms with Gasteiger partial charge in [0.1, 0.15) is 5.82 Å². The van der Waals surface area contributed by atoms with E-state index in [1.54, 1.807) is 10.7 Å². The maximum absolute atomic E-state index is 13.2. The Morgan fingerprint density at radius 1 is 1.19 bits per heavy atom. The van der Waals surface area contributed by atoms with Crippen LogP contribution in [0.25, 0.3) is 0 Å². The molecule has 3 aromatic rings. The van der Waals surface area contributed by atoms with Gasteiger partial charge in [0, 0.05) is 5.02 Å². The van der Waals surface area contributed by atoms with Crippen molar-refractivity contribution in [2.75, 3.05) is 5.32 Å². The van der Waals surface area contributed by atoms with Crippen molar-refractivity contribution < 1.29 is 9.18 Å². The number of carbonyl (C=O) groups is 1. The number of hydrogen-bond donors (Lipinski definition) is 1. The highest BCUT2D eigenvalue weighted by Crippen LogP contribution is 2.23. The first-order chi connectivity index (χ1) is 12.4. The van der Waals surface area contributed by atoms with Gasteiger partial charge in [-0.2, -0.15) is 5.10 Å². The lowest BCUT2D eigenvalue weighted by Crippen LogP contribution is -2.15. The van der Waals surface area contributed by atoms with Crippen LogP contribution in [0.3, 0.4) is 0 Å². The van der Waals surface area contributed by atoms with Gasteiger partial charge in [0.25, 0.3) is 0 Å². The van der Waals surface area contributed by atoms with E-state index in [9.17, 15) is 9.18 Å². The molecular formula is C20H19ClFN3O. The molecule has 0 atom stereocenters. The van der Waals surface area contributed by atoms with Crippen LogP contribution >= 0.6 is 11.6 Å². The second-order valence-electron chi connectivity index (χ2n) is 6.15. The number of halogens is 2. The highest BCUT2D eigenvalue weighted by atomic mass is 35.5. The van der Waals surface area contributed by atoms with E-state index in [4.69, 9.17) is 11.6 Å². The monoisotopic (exact) mass is 371 g/mol. The first kappa shape index (κ1) is 18.1. The molecule has 1 N–H and O–H groups in total. The maximum atomic E-state index is 13.2. The van der Waals surface area contributed by atoms with Crippen LogP contribution in [0.2, 0.25) is 5.02 Å². The van der Waals surface area contributed by atoms with Crippen LogP contribution in [0.4, 0.5) is 10.1 Å². The molecule has 26 heavy (non-hydrogen) atoms. The number of aryl methyl sites for hydroxylation is 1. The summed E-state index contributed by atoms with van der Waals surface area (Å²) in [6.07, 6.45) is 0.300. The van der Waals surface area contributed by atoms with Crippen molar-refractivity contribution in [1.82, 2.24) is 9.78 Å².